The summed E-state index contributed by atoms with van der Waals surface area (Å²) >= 11 is 0. The van der Waals surface area contributed by atoms with Gasteiger partial charge in [-0.1, -0.05) is 32.0 Å². The number of hydrogen-bond donors (Lipinski definition) is 1. The van der Waals surface area contributed by atoms with Crippen molar-refractivity contribution >= 4 is 15.7 Å². The predicted octanol–water partition coefficient (Wildman–Crippen LogP) is 4.14. The molecule has 0 aliphatic carbocycles. The number of rotatable bonds is 5. The molecule has 0 aliphatic rings. The lowest BCUT2D eigenvalue weighted by molar-refractivity contribution is 0.599. The zero-order valence-corrected chi connectivity index (χ0v) is 12.8. The lowest BCUT2D eigenvalue weighted by atomic mass is 9.97. The third-order valence-electron chi connectivity index (χ3n) is 3.47. The van der Waals surface area contributed by atoms with E-state index in [0.717, 1.165) is 24.1 Å². The number of benzene rings is 2. The van der Waals surface area contributed by atoms with Crippen molar-refractivity contribution in [3.8, 4) is 0 Å². The Bertz CT molecular complexity index is 711. The fourth-order valence-corrected chi connectivity index (χ4v) is 3.14. The molecule has 2 rings (SSSR count). The van der Waals surface area contributed by atoms with Gasteiger partial charge < -0.3 is 0 Å². The van der Waals surface area contributed by atoms with Crippen molar-refractivity contribution in [2.45, 2.75) is 31.1 Å². The molecule has 0 bridgehead atoms. The average molecular weight is 307 g/mol. The van der Waals surface area contributed by atoms with Gasteiger partial charge in [-0.25, -0.2) is 12.8 Å². The molecule has 21 heavy (non-hydrogen) atoms. The molecule has 112 valence electrons. The second kappa shape index (κ2) is 6.26. The monoisotopic (exact) mass is 307 g/mol. The lowest BCUT2D eigenvalue weighted by Gasteiger charge is -2.16. The van der Waals surface area contributed by atoms with E-state index in [4.69, 9.17) is 0 Å². The Morgan fingerprint density at radius 2 is 1.71 bits per heavy atom. The van der Waals surface area contributed by atoms with Gasteiger partial charge in [0.05, 0.1) is 10.6 Å². The number of sulfonamides is 1. The molecule has 0 amide bonds. The highest BCUT2D eigenvalue weighted by Crippen LogP contribution is 2.28. The van der Waals surface area contributed by atoms with Gasteiger partial charge in [-0.2, -0.15) is 0 Å². The molecule has 0 saturated carbocycles. The fraction of sp³-hybridized carbons (Fsp3) is 0.250. The molecule has 0 heterocycles. The van der Waals surface area contributed by atoms with Crippen molar-refractivity contribution in [2.75, 3.05) is 4.72 Å². The van der Waals surface area contributed by atoms with Crippen molar-refractivity contribution in [3.05, 3.63) is 59.9 Å². The van der Waals surface area contributed by atoms with E-state index in [9.17, 15) is 12.8 Å². The maximum atomic E-state index is 12.9. The second-order valence-corrected chi connectivity index (χ2v) is 6.64. The second-order valence-electron chi connectivity index (χ2n) is 4.96. The van der Waals surface area contributed by atoms with E-state index in [0.29, 0.717) is 5.69 Å². The van der Waals surface area contributed by atoms with Crippen LogP contribution in [0.4, 0.5) is 10.1 Å². The van der Waals surface area contributed by atoms with E-state index < -0.39 is 15.8 Å². The molecule has 0 aliphatic heterocycles. The van der Waals surface area contributed by atoms with Gasteiger partial charge in [-0.3, -0.25) is 4.72 Å². The van der Waals surface area contributed by atoms with Gasteiger partial charge >= 0.3 is 0 Å². The summed E-state index contributed by atoms with van der Waals surface area (Å²) < 4.78 is 40.2. The van der Waals surface area contributed by atoms with Crippen molar-refractivity contribution in [2.24, 2.45) is 0 Å². The number of hydrogen-bond acceptors (Lipinski definition) is 2. The van der Waals surface area contributed by atoms with Crippen LogP contribution in [0, 0.1) is 5.82 Å². The Labute approximate surface area is 124 Å². The summed E-state index contributed by atoms with van der Waals surface area (Å²) in [5.41, 5.74) is 1.52. The summed E-state index contributed by atoms with van der Waals surface area (Å²) in [5, 5.41) is 0. The summed E-state index contributed by atoms with van der Waals surface area (Å²) in [4.78, 5) is 0.0443. The van der Waals surface area contributed by atoms with E-state index >= 15 is 0 Å². The first-order valence-corrected chi connectivity index (χ1v) is 8.29. The van der Waals surface area contributed by atoms with Gasteiger partial charge in [0, 0.05) is 0 Å². The zero-order valence-electron chi connectivity index (χ0n) is 12.0. The van der Waals surface area contributed by atoms with Gasteiger partial charge in [0.15, 0.2) is 0 Å². The van der Waals surface area contributed by atoms with Crippen LogP contribution in [0.15, 0.2) is 53.4 Å². The van der Waals surface area contributed by atoms with Crippen LogP contribution in [-0.4, -0.2) is 8.42 Å². The largest absolute Gasteiger partial charge is 0.279 e. The highest BCUT2D eigenvalue weighted by Gasteiger charge is 2.17. The number of halogens is 1. The predicted molar refractivity (Wildman–Crippen MR) is 82.4 cm³/mol. The third-order valence-corrected chi connectivity index (χ3v) is 4.85. The molecule has 0 radical (unpaired) electrons. The first-order chi connectivity index (χ1) is 9.94. The lowest BCUT2D eigenvalue weighted by Crippen LogP contribution is -2.14. The van der Waals surface area contributed by atoms with Crippen LogP contribution in [0.5, 0.6) is 0 Å². The maximum absolute atomic E-state index is 12.9. The van der Waals surface area contributed by atoms with Crippen LogP contribution in [0.3, 0.4) is 0 Å². The minimum absolute atomic E-state index is 0.0443. The molecule has 2 aromatic rings. The summed E-state index contributed by atoms with van der Waals surface area (Å²) in [6.45, 7) is 4.10. The maximum Gasteiger partial charge on any atom is 0.261 e. The quantitative estimate of drug-likeness (QED) is 0.902. The van der Waals surface area contributed by atoms with Gasteiger partial charge in [0.1, 0.15) is 5.82 Å². The average Bonchev–Trinajstić information content (AvgIpc) is 2.47. The highest BCUT2D eigenvalue weighted by molar-refractivity contribution is 7.92. The van der Waals surface area contributed by atoms with Gasteiger partial charge in [0.2, 0.25) is 0 Å². The Kier molecular flexibility index (Phi) is 4.63. The number of anilines is 1. The molecular formula is C16H18FNO2S. The van der Waals surface area contributed by atoms with E-state index in [2.05, 4.69) is 11.6 Å². The molecule has 0 aromatic heterocycles. The van der Waals surface area contributed by atoms with E-state index in [1.807, 2.05) is 19.1 Å². The summed E-state index contributed by atoms with van der Waals surface area (Å²) in [6.07, 6.45) is 0.912. The van der Waals surface area contributed by atoms with E-state index in [-0.39, 0.29) is 10.8 Å². The molecule has 2 aromatic carbocycles. The number of para-hydroxylation sites is 1. The molecule has 3 nitrogen and oxygen atoms in total. The molecule has 0 unspecified atom stereocenters. The van der Waals surface area contributed by atoms with Crippen LogP contribution < -0.4 is 4.72 Å². The van der Waals surface area contributed by atoms with Crippen LogP contribution in [-0.2, 0) is 10.0 Å². The third kappa shape index (κ3) is 3.61. The molecule has 1 atom stereocenters. The molecule has 1 N–H and O–H groups in total. The first-order valence-electron chi connectivity index (χ1n) is 6.81. The van der Waals surface area contributed by atoms with Crippen molar-refractivity contribution in [1.82, 2.24) is 0 Å². The fourth-order valence-electron chi connectivity index (χ4n) is 2.06. The van der Waals surface area contributed by atoms with E-state index in [1.54, 1.807) is 12.1 Å². The Morgan fingerprint density at radius 1 is 1.10 bits per heavy atom. The van der Waals surface area contributed by atoms with Crippen molar-refractivity contribution in [3.63, 3.8) is 0 Å². The van der Waals surface area contributed by atoms with Crippen molar-refractivity contribution < 1.29 is 12.8 Å². The van der Waals surface area contributed by atoms with Gasteiger partial charge in [-0.05, 0) is 48.2 Å². The topological polar surface area (TPSA) is 46.2 Å². The Hall–Kier alpha value is -1.88. The standard InChI is InChI=1S/C16H18FNO2S/c1-3-12(2)15-6-4-5-7-16(15)18-21(19,20)14-10-8-13(17)9-11-14/h4-12,18H,3H2,1-2H3/t12-/m0/s1. The zero-order chi connectivity index (χ0) is 15.5. The minimum Gasteiger partial charge on any atom is -0.279 e. The Morgan fingerprint density at radius 3 is 2.33 bits per heavy atom. The highest BCUT2D eigenvalue weighted by atomic mass is 32.2. The van der Waals surface area contributed by atoms with Crippen LogP contribution in [0.25, 0.3) is 0 Å². The molecule has 5 heteroatoms. The molecular weight excluding hydrogens is 289 g/mol. The normalized spacial score (nSPS) is 12.9. The summed E-state index contributed by atoms with van der Waals surface area (Å²) in [5.74, 6) is -0.217. The smallest absolute Gasteiger partial charge is 0.261 e. The van der Waals surface area contributed by atoms with E-state index in [1.165, 1.54) is 12.1 Å². The molecule has 0 fully saturated rings. The summed E-state index contributed by atoms with van der Waals surface area (Å²) in [7, 11) is -3.71. The Balaban J connectivity index is 2.35. The number of nitrogens with one attached hydrogen (secondary N) is 1. The van der Waals surface area contributed by atoms with Crippen LogP contribution in [0.1, 0.15) is 31.7 Å². The van der Waals surface area contributed by atoms with Crippen LogP contribution >= 0.6 is 0 Å². The van der Waals surface area contributed by atoms with Crippen LogP contribution in [0.2, 0.25) is 0 Å². The summed E-state index contributed by atoms with van der Waals surface area (Å²) in [6, 6.07) is 12.1. The van der Waals surface area contributed by atoms with Gasteiger partial charge in [-0.15, -0.1) is 0 Å². The molecule has 0 saturated heterocycles. The first kappa shape index (κ1) is 15.5. The molecule has 0 spiro atoms. The van der Waals surface area contributed by atoms with Crippen molar-refractivity contribution in [1.29, 1.82) is 0 Å². The van der Waals surface area contributed by atoms with Gasteiger partial charge in [0.25, 0.3) is 10.0 Å². The SMILES string of the molecule is CC[C@H](C)c1ccccc1NS(=O)(=O)c1ccc(F)cc1. The minimum atomic E-state index is -3.71.